The van der Waals surface area contributed by atoms with Gasteiger partial charge in [-0.1, -0.05) is 195 Å². The molecule has 1 amide bonds. The van der Waals surface area contributed by atoms with E-state index in [4.69, 9.17) is 10.8 Å². The Morgan fingerprint density at radius 3 is 1.06 bits per heavy atom. The number of ketones is 2. The first-order valence-corrected chi connectivity index (χ1v) is 25.1. The molecule has 0 radical (unpaired) electrons. The van der Waals surface area contributed by atoms with Crippen LogP contribution >= 0.6 is 0 Å². The van der Waals surface area contributed by atoms with Crippen molar-refractivity contribution in [2.24, 2.45) is 5.73 Å². The smallest absolute Gasteiger partial charge is 0.335 e. The van der Waals surface area contributed by atoms with E-state index in [1.54, 1.807) is 54.9 Å². The molecular formula is C62H94N4O5. The van der Waals surface area contributed by atoms with Gasteiger partial charge in [0.1, 0.15) is 11.6 Å². The summed E-state index contributed by atoms with van der Waals surface area (Å²) in [5.74, 6) is -0.390. The number of pyridine rings is 2. The standard InChI is InChI=1S/C24H24N2O2.C17H20N2O.C7H6O2.6C2H6.2CH4/c27-23(15-13-20-5-4-16-25-17-20)14-12-19-8-10-21(11-9-19)18-26-24(28)22-6-2-1-3-7-22;18-12-15-5-3-14(4-6-15)7-9-17(20)10-8-16-2-1-11-19-13-16;8-7(9)6-4-2-1-3-5-6;6*1-2;;/h1-11,16-17H,12-15,18H2,(H,26,28);1-6,11,13H,7-10,12,18H2;1-5H,(H,8,9);6*1-2H3;2*1H4. The molecule has 0 atom stereocenters. The number of nitrogens with one attached hydrogen (secondary N) is 1. The zero-order chi connectivity index (χ0) is 52.5. The van der Waals surface area contributed by atoms with Crippen LogP contribution in [0.4, 0.5) is 0 Å². The van der Waals surface area contributed by atoms with Crippen molar-refractivity contribution >= 4 is 23.4 Å². The third-order valence-electron chi connectivity index (χ3n) is 9.01. The van der Waals surface area contributed by atoms with Crippen molar-refractivity contribution in [3.63, 3.8) is 0 Å². The van der Waals surface area contributed by atoms with Crippen molar-refractivity contribution in [2.45, 2.75) is 162 Å². The van der Waals surface area contributed by atoms with Crippen LogP contribution in [0, 0.1) is 0 Å². The molecule has 0 aliphatic heterocycles. The predicted octanol–water partition coefficient (Wildman–Crippen LogP) is 15.6. The molecule has 6 aromatic rings. The molecule has 0 saturated heterocycles. The van der Waals surface area contributed by atoms with Gasteiger partial charge in [-0.2, -0.15) is 0 Å². The number of amides is 1. The highest BCUT2D eigenvalue weighted by Crippen LogP contribution is 2.11. The molecule has 0 saturated carbocycles. The monoisotopic (exact) mass is 975 g/mol. The van der Waals surface area contributed by atoms with E-state index in [1.807, 2.05) is 174 Å². The number of benzene rings is 4. The number of hydrogen-bond donors (Lipinski definition) is 3. The summed E-state index contributed by atoms with van der Waals surface area (Å²) < 4.78 is 0. The molecule has 4 N–H and O–H groups in total. The number of nitrogens with two attached hydrogens (primary N) is 1. The summed E-state index contributed by atoms with van der Waals surface area (Å²) in [5, 5.41) is 11.3. The van der Waals surface area contributed by atoms with Gasteiger partial charge in [0.25, 0.3) is 5.91 Å². The first-order valence-electron chi connectivity index (χ1n) is 25.1. The Hall–Kier alpha value is -6.58. The van der Waals surface area contributed by atoms with Gasteiger partial charge < -0.3 is 16.2 Å². The molecule has 0 bridgehead atoms. The highest BCUT2D eigenvalue weighted by molar-refractivity contribution is 5.94. The zero-order valence-corrected chi connectivity index (χ0v) is 44.1. The van der Waals surface area contributed by atoms with E-state index >= 15 is 0 Å². The van der Waals surface area contributed by atoms with Gasteiger partial charge in [0, 0.05) is 69.1 Å². The highest BCUT2D eigenvalue weighted by atomic mass is 16.4. The number of carbonyl (C=O) groups is 4. The summed E-state index contributed by atoms with van der Waals surface area (Å²) in [4.78, 5) is 54.4. The topological polar surface area (TPSA) is 152 Å². The summed E-state index contributed by atoms with van der Waals surface area (Å²) in [6, 6.07) is 41.5. The van der Waals surface area contributed by atoms with E-state index in [0.29, 0.717) is 55.7 Å². The molecular weight excluding hydrogens is 881 g/mol. The number of Topliss-reactive ketones (excluding diaryl/α,β-unsaturated/α-hetero) is 2. The number of hydrogen-bond acceptors (Lipinski definition) is 7. The van der Waals surface area contributed by atoms with Crippen LogP contribution in [0.2, 0.25) is 0 Å². The van der Waals surface area contributed by atoms with Crippen molar-refractivity contribution in [2.75, 3.05) is 0 Å². The quantitative estimate of drug-likeness (QED) is 0.0817. The average Bonchev–Trinajstić information content (AvgIpc) is 3.45. The molecule has 0 aliphatic rings. The Kier molecular flexibility index (Phi) is 54.6. The van der Waals surface area contributed by atoms with Crippen LogP contribution in [0.1, 0.15) is 178 Å². The Bertz CT molecular complexity index is 2080. The van der Waals surface area contributed by atoms with Crippen LogP contribution in [-0.2, 0) is 48.4 Å². The molecule has 0 fully saturated rings. The lowest BCUT2D eigenvalue weighted by molar-refractivity contribution is -0.119. The number of nitrogens with zero attached hydrogens (tertiary/aromatic N) is 2. The molecule has 0 unspecified atom stereocenters. The SMILES string of the molecule is C.C.CC.CC.CC.CC.CC.CC.NCc1ccc(CCC(=O)CCc2cccnc2)cc1.O=C(CCc1ccc(CNC(=O)c2ccccc2)cc1)CCc1cccnc1.O=C(O)c1ccccc1. The van der Waals surface area contributed by atoms with Crippen molar-refractivity contribution in [3.8, 4) is 0 Å². The highest BCUT2D eigenvalue weighted by Gasteiger charge is 2.07. The lowest BCUT2D eigenvalue weighted by Crippen LogP contribution is -2.22. The van der Waals surface area contributed by atoms with Crippen molar-refractivity contribution in [1.82, 2.24) is 15.3 Å². The summed E-state index contributed by atoms with van der Waals surface area (Å²) in [5.41, 5.74) is 13.2. The molecule has 6 rings (SSSR count). The molecule has 392 valence electrons. The first kappa shape index (κ1) is 73.4. The number of aromatic nitrogens is 2. The number of carbonyl (C=O) groups excluding carboxylic acids is 3. The van der Waals surface area contributed by atoms with Crippen LogP contribution in [0.3, 0.4) is 0 Å². The van der Waals surface area contributed by atoms with Crippen LogP contribution in [0.5, 0.6) is 0 Å². The summed E-state index contributed by atoms with van der Waals surface area (Å²) in [6.07, 6.45) is 12.5. The van der Waals surface area contributed by atoms with E-state index in [0.717, 1.165) is 53.5 Å². The predicted molar refractivity (Wildman–Crippen MR) is 305 cm³/mol. The van der Waals surface area contributed by atoms with E-state index in [9.17, 15) is 19.2 Å². The molecule has 4 aromatic carbocycles. The second kappa shape index (κ2) is 52.8. The fraction of sp³-hybridized carbons (Fsp3) is 0.387. The van der Waals surface area contributed by atoms with Crippen LogP contribution < -0.4 is 11.1 Å². The Balaban J connectivity index is -0.000000295. The van der Waals surface area contributed by atoms with E-state index in [-0.39, 0.29) is 26.5 Å². The van der Waals surface area contributed by atoms with E-state index < -0.39 is 5.97 Å². The lowest BCUT2D eigenvalue weighted by atomic mass is 10.0. The fourth-order valence-corrected chi connectivity index (χ4v) is 5.60. The minimum Gasteiger partial charge on any atom is -0.478 e. The maximum absolute atomic E-state index is 12.1. The normalized spacial score (nSPS) is 8.69. The number of carboxylic acid groups (broad SMARTS) is 1. The second-order valence-electron chi connectivity index (χ2n) is 13.4. The average molecular weight is 975 g/mol. The van der Waals surface area contributed by atoms with E-state index in [2.05, 4.69) is 27.4 Å². The summed E-state index contributed by atoms with van der Waals surface area (Å²) in [6.45, 7) is 25.0. The van der Waals surface area contributed by atoms with Crippen molar-refractivity contribution in [3.05, 3.63) is 203 Å². The summed E-state index contributed by atoms with van der Waals surface area (Å²) in [7, 11) is 0. The zero-order valence-electron chi connectivity index (χ0n) is 44.1. The Morgan fingerprint density at radius 2 is 0.746 bits per heavy atom. The van der Waals surface area contributed by atoms with Gasteiger partial charge in [-0.3, -0.25) is 24.4 Å². The number of carboxylic acids is 1. The first-order chi connectivity index (χ1) is 33.8. The minimum absolute atomic E-state index is 0. The van der Waals surface area contributed by atoms with Gasteiger partial charge >= 0.3 is 5.97 Å². The van der Waals surface area contributed by atoms with Gasteiger partial charge in [0.2, 0.25) is 0 Å². The summed E-state index contributed by atoms with van der Waals surface area (Å²) >= 11 is 0. The maximum atomic E-state index is 12.1. The van der Waals surface area contributed by atoms with Crippen LogP contribution in [-0.4, -0.2) is 38.5 Å². The van der Waals surface area contributed by atoms with Gasteiger partial charge in [0.05, 0.1) is 5.56 Å². The third kappa shape index (κ3) is 37.0. The van der Waals surface area contributed by atoms with Gasteiger partial charge in [0.15, 0.2) is 0 Å². The molecule has 2 aromatic heterocycles. The van der Waals surface area contributed by atoms with Crippen LogP contribution in [0.15, 0.2) is 158 Å². The molecule has 71 heavy (non-hydrogen) atoms. The largest absolute Gasteiger partial charge is 0.478 e. The minimum atomic E-state index is -0.879. The van der Waals surface area contributed by atoms with Crippen LogP contribution in [0.25, 0.3) is 0 Å². The van der Waals surface area contributed by atoms with Crippen molar-refractivity contribution in [1.29, 1.82) is 0 Å². The second-order valence-corrected chi connectivity index (χ2v) is 13.4. The Labute approximate surface area is 432 Å². The molecule has 9 nitrogen and oxygen atoms in total. The molecule has 0 spiro atoms. The molecule has 2 heterocycles. The molecule has 9 heteroatoms. The van der Waals surface area contributed by atoms with E-state index in [1.165, 1.54) is 5.56 Å². The number of aromatic carboxylic acids is 1. The maximum Gasteiger partial charge on any atom is 0.335 e. The van der Waals surface area contributed by atoms with Crippen molar-refractivity contribution < 1.29 is 24.3 Å². The van der Waals surface area contributed by atoms with Gasteiger partial charge in [-0.25, -0.2) is 4.79 Å². The van der Waals surface area contributed by atoms with Gasteiger partial charge in [-0.05, 0) is 95.5 Å². The van der Waals surface area contributed by atoms with Gasteiger partial charge in [-0.15, -0.1) is 0 Å². The Morgan fingerprint density at radius 1 is 0.423 bits per heavy atom. The number of rotatable bonds is 17. The number of aryl methyl sites for hydroxylation is 4. The fourth-order valence-electron chi connectivity index (χ4n) is 5.60. The third-order valence-corrected chi connectivity index (χ3v) is 9.01. The lowest BCUT2D eigenvalue weighted by Gasteiger charge is -2.07. The molecule has 0 aliphatic carbocycles.